The molecule has 24 heavy (non-hydrogen) atoms. The zero-order valence-corrected chi connectivity index (χ0v) is 15.7. The monoisotopic (exact) mass is 324 g/mol. The molecule has 0 heterocycles. The molecule has 2 unspecified atom stereocenters. The molecule has 0 spiro atoms. The molecule has 2 aliphatic rings. The minimum Gasteiger partial charge on any atom is -0.103 e. The predicted molar refractivity (Wildman–Crippen MR) is 105 cm³/mol. The van der Waals surface area contributed by atoms with Crippen molar-refractivity contribution in [2.24, 2.45) is 17.8 Å². The Hall–Kier alpha value is -1.04. The lowest BCUT2D eigenvalue weighted by Gasteiger charge is -2.26. The number of hydrogen-bond acceptors (Lipinski definition) is 0. The van der Waals surface area contributed by atoms with Crippen molar-refractivity contribution < 1.29 is 0 Å². The Bertz CT molecular complexity index is 489. The van der Waals surface area contributed by atoms with E-state index in [-0.39, 0.29) is 0 Å². The van der Waals surface area contributed by atoms with E-state index in [1.165, 1.54) is 70.6 Å². The molecule has 2 saturated carbocycles. The Kier molecular flexibility index (Phi) is 6.58. The van der Waals surface area contributed by atoms with Crippen LogP contribution in [0.2, 0.25) is 0 Å². The third kappa shape index (κ3) is 4.74. The van der Waals surface area contributed by atoms with Crippen LogP contribution in [0.4, 0.5) is 0 Å². The maximum atomic E-state index is 3.96. The summed E-state index contributed by atoms with van der Waals surface area (Å²) in [6.45, 7) is 6.28. The number of benzene rings is 1. The number of allylic oxidation sites excluding steroid dienone is 1. The highest BCUT2D eigenvalue weighted by atomic mass is 14.3. The molecule has 0 N–H and O–H groups in total. The number of rotatable bonds is 7. The molecule has 1 aromatic carbocycles. The van der Waals surface area contributed by atoms with Gasteiger partial charge in [0.05, 0.1) is 0 Å². The van der Waals surface area contributed by atoms with Crippen LogP contribution in [0.25, 0.3) is 0 Å². The van der Waals surface area contributed by atoms with Gasteiger partial charge in [0.1, 0.15) is 0 Å². The molecule has 0 bridgehead atoms. The van der Waals surface area contributed by atoms with E-state index in [0.717, 1.165) is 23.7 Å². The summed E-state index contributed by atoms with van der Waals surface area (Å²) in [5.41, 5.74) is 3.15. The Morgan fingerprint density at radius 3 is 2.29 bits per heavy atom. The number of hydrogen-bond donors (Lipinski definition) is 0. The maximum Gasteiger partial charge on any atom is -0.0159 e. The summed E-state index contributed by atoms with van der Waals surface area (Å²) in [7, 11) is 0. The lowest BCUT2D eigenvalue weighted by molar-refractivity contribution is 0.296. The van der Waals surface area contributed by atoms with Crippen LogP contribution in [0.1, 0.15) is 88.2 Å². The van der Waals surface area contributed by atoms with Crippen LogP contribution >= 0.6 is 0 Å². The SMILES string of the molecule is C=CC1CCC(CCc2ccc(C3CCC(CCC)C3)cc2)CC1. The fourth-order valence-corrected chi connectivity index (χ4v) is 5.09. The van der Waals surface area contributed by atoms with Crippen LogP contribution in [0.3, 0.4) is 0 Å². The van der Waals surface area contributed by atoms with E-state index >= 15 is 0 Å². The summed E-state index contributed by atoms with van der Waals surface area (Å²) in [4.78, 5) is 0. The summed E-state index contributed by atoms with van der Waals surface area (Å²) >= 11 is 0. The molecule has 0 aliphatic heterocycles. The molecule has 0 radical (unpaired) electrons. The van der Waals surface area contributed by atoms with Crippen LogP contribution in [0.15, 0.2) is 36.9 Å². The molecule has 1 aromatic rings. The third-order valence-electron chi connectivity index (χ3n) is 6.76. The molecule has 0 nitrogen and oxygen atoms in total. The van der Waals surface area contributed by atoms with Crippen molar-refractivity contribution in [3.8, 4) is 0 Å². The highest BCUT2D eigenvalue weighted by Gasteiger charge is 2.25. The Balaban J connectivity index is 1.44. The van der Waals surface area contributed by atoms with Crippen LogP contribution in [0, 0.1) is 17.8 Å². The van der Waals surface area contributed by atoms with Crippen molar-refractivity contribution >= 4 is 0 Å². The Morgan fingerprint density at radius 1 is 0.917 bits per heavy atom. The van der Waals surface area contributed by atoms with Gasteiger partial charge in [-0.25, -0.2) is 0 Å². The molecule has 2 atom stereocenters. The first-order valence-electron chi connectivity index (χ1n) is 10.5. The molecular weight excluding hydrogens is 288 g/mol. The van der Waals surface area contributed by atoms with Gasteiger partial charge in [-0.15, -0.1) is 6.58 Å². The van der Waals surface area contributed by atoms with E-state index in [0.29, 0.717) is 0 Å². The summed E-state index contributed by atoms with van der Waals surface area (Å²) in [5.74, 6) is 3.57. The molecule has 2 fully saturated rings. The molecule has 0 saturated heterocycles. The van der Waals surface area contributed by atoms with E-state index in [4.69, 9.17) is 0 Å². The van der Waals surface area contributed by atoms with Gasteiger partial charge in [0, 0.05) is 0 Å². The van der Waals surface area contributed by atoms with Gasteiger partial charge in [-0.05, 0) is 92.6 Å². The van der Waals surface area contributed by atoms with Gasteiger partial charge < -0.3 is 0 Å². The van der Waals surface area contributed by atoms with Crippen LogP contribution in [-0.2, 0) is 6.42 Å². The Morgan fingerprint density at radius 2 is 1.62 bits per heavy atom. The van der Waals surface area contributed by atoms with Crippen LogP contribution < -0.4 is 0 Å². The quantitative estimate of drug-likeness (QED) is 0.462. The first kappa shape index (κ1) is 17.8. The van der Waals surface area contributed by atoms with Gasteiger partial charge in [-0.1, -0.05) is 50.1 Å². The van der Waals surface area contributed by atoms with Crippen molar-refractivity contribution in [3.05, 3.63) is 48.0 Å². The fourth-order valence-electron chi connectivity index (χ4n) is 5.09. The third-order valence-corrected chi connectivity index (χ3v) is 6.76. The minimum atomic E-state index is 0.795. The van der Waals surface area contributed by atoms with Gasteiger partial charge in [0.15, 0.2) is 0 Å². The minimum absolute atomic E-state index is 0.795. The van der Waals surface area contributed by atoms with E-state index < -0.39 is 0 Å². The fraction of sp³-hybridized carbons (Fsp3) is 0.667. The molecular formula is C24H36. The van der Waals surface area contributed by atoms with E-state index in [9.17, 15) is 0 Å². The lowest BCUT2D eigenvalue weighted by atomic mass is 9.79. The summed E-state index contributed by atoms with van der Waals surface area (Å²) < 4.78 is 0. The summed E-state index contributed by atoms with van der Waals surface area (Å²) in [5, 5.41) is 0. The molecule has 0 heteroatoms. The summed E-state index contributed by atoms with van der Waals surface area (Å²) in [6, 6.07) is 9.70. The van der Waals surface area contributed by atoms with Gasteiger partial charge >= 0.3 is 0 Å². The topological polar surface area (TPSA) is 0 Å². The lowest BCUT2D eigenvalue weighted by Crippen LogP contribution is -2.13. The van der Waals surface area contributed by atoms with Gasteiger partial charge in [0.2, 0.25) is 0 Å². The van der Waals surface area contributed by atoms with Crippen molar-refractivity contribution in [2.45, 2.75) is 83.5 Å². The summed E-state index contributed by atoms with van der Waals surface area (Å²) in [6.07, 6.45) is 17.5. The molecule has 0 aromatic heterocycles. The Labute approximate surface area is 149 Å². The standard InChI is InChI=1S/C24H36/c1-3-5-22-14-17-24(18-22)23-15-12-21(13-16-23)11-10-20-8-6-19(4-2)7-9-20/h4,12-13,15-16,19-20,22,24H,2-3,5-11,14,17-18H2,1H3. The molecule has 2 aliphatic carbocycles. The van der Waals surface area contributed by atoms with Crippen LogP contribution in [0.5, 0.6) is 0 Å². The van der Waals surface area contributed by atoms with E-state index in [1.807, 2.05) is 0 Å². The average Bonchev–Trinajstić information content (AvgIpc) is 3.10. The average molecular weight is 325 g/mol. The van der Waals surface area contributed by atoms with Gasteiger partial charge in [0.25, 0.3) is 0 Å². The highest BCUT2D eigenvalue weighted by Crippen LogP contribution is 2.40. The zero-order valence-electron chi connectivity index (χ0n) is 15.7. The van der Waals surface area contributed by atoms with E-state index in [2.05, 4.69) is 43.8 Å². The first-order chi connectivity index (χ1) is 11.8. The zero-order chi connectivity index (χ0) is 16.8. The van der Waals surface area contributed by atoms with Gasteiger partial charge in [-0.2, -0.15) is 0 Å². The second kappa shape index (κ2) is 8.88. The van der Waals surface area contributed by atoms with Gasteiger partial charge in [-0.3, -0.25) is 0 Å². The normalized spacial score (nSPS) is 30.4. The predicted octanol–water partition coefficient (Wildman–Crippen LogP) is 7.30. The van der Waals surface area contributed by atoms with Crippen LogP contribution in [-0.4, -0.2) is 0 Å². The molecule has 0 amide bonds. The largest absolute Gasteiger partial charge is 0.103 e. The highest BCUT2D eigenvalue weighted by molar-refractivity contribution is 5.26. The number of aryl methyl sites for hydroxylation is 1. The second-order valence-electron chi connectivity index (χ2n) is 8.46. The van der Waals surface area contributed by atoms with E-state index in [1.54, 1.807) is 11.1 Å². The smallest absolute Gasteiger partial charge is 0.0159 e. The molecule has 3 rings (SSSR count). The molecule has 132 valence electrons. The van der Waals surface area contributed by atoms with Crippen molar-refractivity contribution in [1.29, 1.82) is 0 Å². The van der Waals surface area contributed by atoms with Crippen molar-refractivity contribution in [2.75, 3.05) is 0 Å². The van der Waals surface area contributed by atoms with Crippen molar-refractivity contribution in [3.63, 3.8) is 0 Å². The second-order valence-corrected chi connectivity index (χ2v) is 8.46. The first-order valence-corrected chi connectivity index (χ1v) is 10.5. The maximum absolute atomic E-state index is 3.96. The van der Waals surface area contributed by atoms with Crippen molar-refractivity contribution in [1.82, 2.24) is 0 Å².